The Balaban J connectivity index is 2.64. The van der Waals surface area contributed by atoms with Crippen LogP contribution in [0.5, 0.6) is 0 Å². The fourth-order valence-corrected chi connectivity index (χ4v) is 2.40. The third kappa shape index (κ3) is 2.39. The van der Waals surface area contributed by atoms with Crippen molar-refractivity contribution in [3.8, 4) is 11.1 Å². The van der Waals surface area contributed by atoms with Gasteiger partial charge in [0.25, 0.3) is 0 Å². The van der Waals surface area contributed by atoms with Crippen LogP contribution in [0.1, 0.15) is 11.1 Å². The molecule has 0 amide bonds. The first-order chi connectivity index (χ1) is 7.99. The molecule has 3 heteroatoms. The topological polar surface area (TPSA) is 0 Å². The maximum atomic E-state index is 13.8. The Morgan fingerprint density at radius 1 is 0.882 bits per heavy atom. The highest BCUT2D eigenvalue weighted by atomic mass is 79.9. The standard InChI is InChI=1S/C14H11BrF2/c1-8-3-4-10(12(15)5-8)11-7-13(16)9(2)6-14(11)17/h3-7H,1-2H3. The van der Waals surface area contributed by atoms with Crippen molar-refractivity contribution in [1.29, 1.82) is 0 Å². The smallest absolute Gasteiger partial charge is 0.131 e. The molecule has 0 aliphatic carbocycles. The van der Waals surface area contributed by atoms with E-state index in [-0.39, 0.29) is 5.56 Å². The van der Waals surface area contributed by atoms with Crippen molar-refractivity contribution >= 4 is 15.9 Å². The Hall–Kier alpha value is -1.22. The molecule has 0 aromatic heterocycles. The van der Waals surface area contributed by atoms with Crippen molar-refractivity contribution < 1.29 is 8.78 Å². The lowest BCUT2D eigenvalue weighted by molar-refractivity contribution is 0.595. The van der Waals surface area contributed by atoms with Crippen LogP contribution in [0.3, 0.4) is 0 Å². The van der Waals surface area contributed by atoms with Gasteiger partial charge in [0.05, 0.1) is 0 Å². The second kappa shape index (κ2) is 4.57. The van der Waals surface area contributed by atoms with Gasteiger partial charge in [-0.3, -0.25) is 0 Å². The van der Waals surface area contributed by atoms with Gasteiger partial charge in [0.1, 0.15) is 11.6 Å². The molecule has 0 fully saturated rings. The second-order valence-corrected chi connectivity index (χ2v) is 4.92. The lowest BCUT2D eigenvalue weighted by Crippen LogP contribution is -1.91. The first-order valence-corrected chi connectivity index (χ1v) is 6.00. The minimum Gasteiger partial charge on any atom is -0.207 e. The van der Waals surface area contributed by atoms with Gasteiger partial charge in [-0.1, -0.05) is 28.1 Å². The van der Waals surface area contributed by atoms with Crippen molar-refractivity contribution in [1.82, 2.24) is 0 Å². The average molecular weight is 297 g/mol. The molecule has 2 aromatic carbocycles. The van der Waals surface area contributed by atoms with E-state index in [0.717, 1.165) is 10.0 Å². The molecule has 2 rings (SSSR count). The molecule has 0 aliphatic heterocycles. The molecular weight excluding hydrogens is 286 g/mol. The van der Waals surface area contributed by atoms with E-state index >= 15 is 0 Å². The molecule has 0 N–H and O–H groups in total. The van der Waals surface area contributed by atoms with Crippen LogP contribution in [0.2, 0.25) is 0 Å². The maximum absolute atomic E-state index is 13.8. The van der Waals surface area contributed by atoms with E-state index in [2.05, 4.69) is 15.9 Å². The summed E-state index contributed by atoms with van der Waals surface area (Å²) in [6.45, 7) is 3.49. The van der Waals surface area contributed by atoms with Crippen LogP contribution in [-0.4, -0.2) is 0 Å². The molecule has 88 valence electrons. The maximum Gasteiger partial charge on any atom is 0.131 e. The molecule has 2 aromatic rings. The van der Waals surface area contributed by atoms with Gasteiger partial charge >= 0.3 is 0 Å². The predicted molar refractivity (Wildman–Crippen MR) is 69.0 cm³/mol. The van der Waals surface area contributed by atoms with Crippen LogP contribution >= 0.6 is 15.9 Å². The van der Waals surface area contributed by atoms with Crippen molar-refractivity contribution in [2.75, 3.05) is 0 Å². The lowest BCUT2D eigenvalue weighted by Gasteiger charge is -2.08. The molecule has 0 nitrogen and oxygen atoms in total. The molecule has 0 unspecified atom stereocenters. The van der Waals surface area contributed by atoms with E-state index < -0.39 is 11.6 Å². The van der Waals surface area contributed by atoms with E-state index in [1.54, 1.807) is 13.0 Å². The van der Waals surface area contributed by atoms with Crippen molar-refractivity contribution in [3.05, 3.63) is 57.6 Å². The third-order valence-electron chi connectivity index (χ3n) is 2.66. The Labute approximate surface area is 107 Å². The van der Waals surface area contributed by atoms with Crippen LogP contribution in [0.25, 0.3) is 11.1 Å². The highest BCUT2D eigenvalue weighted by Crippen LogP contribution is 2.32. The summed E-state index contributed by atoms with van der Waals surface area (Å²) in [5, 5.41) is 0. The average Bonchev–Trinajstić information content (AvgIpc) is 2.24. The summed E-state index contributed by atoms with van der Waals surface area (Å²) in [6, 6.07) is 7.99. The van der Waals surface area contributed by atoms with E-state index in [1.807, 2.05) is 19.1 Å². The van der Waals surface area contributed by atoms with Gasteiger partial charge in [0.15, 0.2) is 0 Å². The largest absolute Gasteiger partial charge is 0.207 e. The number of aryl methyl sites for hydroxylation is 2. The zero-order valence-electron chi connectivity index (χ0n) is 9.52. The quantitative estimate of drug-likeness (QED) is 0.694. The Kier molecular flexibility index (Phi) is 3.29. The normalized spacial score (nSPS) is 10.6. The number of benzene rings is 2. The van der Waals surface area contributed by atoms with Crippen LogP contribution in [0.4, 0.5) is 8.78 Å². The highest BCUT2D eigenvalue weighted by Gasteiger charge is 2.11. The molecule has 0 aliphatic rings. The summed E-state index contributed by atoms with van der Waals surface area (Å²) in [7, 11) is 0. The molecule has 0 saturated heterocycles. The van der Waals surface area contributed by atoms with Gasteiger partial charge in [-0.05, 0) is 48.7 Å². The highest BCUT2D eigenvalue weighted by molar-refractivity contribution is 9.10. The molecule has 0 atom stereocenters. The van der Waals surface area contributed by atoms with Crippen molar-refractivity contribution in [2.45, 2.75) is 13.8 Å². The number of rotatable bonds is 1. The number of hydrogen-bond donors (Lipinski definition) is 0. The Morgan fingerprint density at radius 2 is 1.59 bits per heavy atom. The van der Waals surface area contributed by atoms with Gasteiger partial charge in [0.2, 0.25) is 0 Å². The number of hydrogen-bond acceptors (Lipinski definition) is 0. The molecule has 0 bridgehead atoms. The minimum absolute atomic E-state index is 0.278. The Bertz CT molecular complexity index is 577. The van der Waals surface area contributed by atoms with Crippen molar-refractivity contribution in [3.63, 3.8) is 0 Å². The summed E-state index contributed by atoms with van der Waals surface area (Å²) >= 11 is 3.37. The molecule has 0 spiro atoms. The zero-order chi connectivity index (χ0) is 12.6. The molecule has 17 heavy (non-hydrogen) atoms. The number of halogens is 3. The van der Waals surface area contributed by atoms with E-state index in [0.29, 0.717) is 11.1 Å². The van der Waals surface area contributed by atoms with Gasteiger partial charge in [-0.15, -0.1) is 0 Å². The molecular formula is C14H11BrF2. The zero-order valence-corrected chi connectivity index (χ0v) is 11.1. The summed E-state index contributed by atoms with van der Waals surface area (Å²) < 4.78 is 28.0. The van der Waals surface area contributed by atoms with Crippen molar-refractivity contribution in [2.24, 2.45) is 0 Å². The fourth-order valence-electron chi connectivity index (χ4n) is 1.69. The van der Waals surface area contributed by atoms with Gasteiger partial charge in [-0.25, -0.2) is 8.78 Å². The van der Waals surface area contributed by atoms with E-state index in [4.69, 9.17) is 0 Å². The van der Waals surface area contributed by atoms with Gasteiger partial charge in [0, 0.05) is 10.0 Å². The first kappa shape index (κ1) is 12.2. The van der Waals surface area contributed by atoms with Gasteiger partial charge < -0.3 is 0 Å². The molecule has 0 radical (unpaired) electrons. The minimum atomic E-state index is -0.409. The lowest BCUT2D eigenvalue weighted by atomic mass is 10.0. The van der Waals surface area contributed by atoms with Gasteiger partial charge in [-0.2, -0.15) is 0 Å². The molecule has 0 heterocycles. The predicted octanol–water partition coefficient (Wildman–Crippen LogP) is 5.01. The van der Waals surface area contributed by atoms with Crippen LogP contribution in [0.15, 0.2) is 34.8 Å². The third-order valence-corrected chi connectivity index (χ3v) is 3.32. The SMILES string of the molecule is Cc1ccc(-c2cc(F)c(C)cc2F)c(Br)c1. The van der Waals surface area contributed by atoms with E-state index in [1.165, 1.54) is 12.1 Å². The van der Waals surface area contributed by atoms with Crippen LogP contribution in [0, 0.1) is 25.5 Å². The summed E-state index contributed by atoms with van der Waals surface area (Å²) in [6.07, 6.45) is 0. The summed E-state index contributed by atoms with van der Waals surface area (Å²) in [5.74, 6) is -0.803. The second-order valence-electron chi connectivity index (χ2n) is 4.06. The fraction of sp³-hybridized carbons (Fsp3) is 0.143. The summed E-state index contributed by atoms with van der Waals surface area (Å²) in [4.78, 5) is 0. The molecule has 0 saturated carbocycles. The first-order valence-electron chi connectivity index (χ1n) is 5.21. The van der Waals surface area contributed by atoms with E-state index in [9.17, 15) is 8.78 Å². The Morgan fingerprint density at radius 3 is 2.24 bits per heavy atom. The summed E-state index contributed by atoms with van der Waals surface area (Å²) in [5.41, 5.74) is 2.31. The van der Waals surface area contributed by atoms with Crippen LogP contribution in [-0.2, 0) is 0 Å². The monoisotopic (exact) mass is 296 g/mol. The van der Waals surface area contributed by atoms with Crippen LogP contribution < -0.4 is 0 Å².